The van der Waals surface area contributed by atoms with E-state index >= 15 is 0 Å². The van der Waals surface area contributed by atoms with Crippen LogP contribution in [0.4, 0.5) is 4.79 Å². The molecule has 0 aromatic rings. The molecule has 0 spiro atoms. The van der Waals surface area contributed by atoms with Crippen LogP contribution in [0.5, 0.6) is 0 Å². The van der Waals surface area contributed by atoms with Crippen LogP contribution in [0.2, 0.25) is 0 Å². The van der Waals surface area contributed by atoms with E-state index in [4.69, 9.17) is 9.47 Å². The molecule has 0 radical (unpaired) electrons. The summed E-state index contributed by atoms with van der Waals surface area (Å²) in [7, 11) is 0. The minimum absolute atomic E-state index is 0.108. The Labute approximate surface area is 154 Å². The topological polar surface area (TPSA) is 64.6 Å². The van der Waals surface area contributed by atoms with Crippen LogP contribution in [0.25, 0.3) is 0 Å². The van der Waals surface area contributed by atoms with Crippen LogP contribution in [0, 0.1) is 0 Å². The molecule has 0 heterocycles. The average molecular weight is 358 g/mol. The van der Waals surface area contributed by atoms with Gasteiger partial charge in [0.15, 0.2) is 0 Å². The van der Waals surface area contributed by atoms with Gasteiger partial charge in [0.25, 0.3) is 0 Å². The van der Waals surface area contributed by atoms with Gasteiger partial charge in [0.1, 0.15) is 0 Å². The van der Waals surface area contributed by atoms with Gasteiger partial charge in [-0.05, 0) is 32.1 Å². The van der Waals surface area contributed by atoms with E-state index in [1.807, 2.05) is 0 Å². The first-order valence-corrected chi connectivity index (χ1v) is 10.2. The summed E-state index contributed by atoms with van der Waals surface area (Å²) >= 11 is 0. The number of carbonyl (C=O) groups excluding carboxylic acids is 2. The smallest absolute Gasteiger partial charge is 0.407 e. The lowest BCUT2D eigenvalue weighted by Crippen LogP contribution is -2.35. The van der Waals surface area contributed by atoms with Crippen molar-refractivity contribution in [2.24, 2.45) is 0 Å². The number of esters is 1. The largest absolute Gasteiger partial charge is 0.466 e. The van der Waals surface area contributed by atoms with Crippen LogP contribution in [0.15, 0.2) is 0 Å². The molecule has 5 nitrogen and oxygen atoms in total. The second kappa shape index (κ2) is 17.6. The predicted octanol–water partition coefficient (Wildman–Crippen LogP) is 5.37. The van der Waals surface area contributed by atoms with Gasteiger partial charge in [0.2, 0.25) is 0 Å². The molecule has 1 N–H and O–H groups in total. The van der Waals surface area contributed by atoms with Crippen molar-refractivity contribution in [3.8, 4) is 0 Å². The molecule has 0 bridgehead atoms. The third-order valence-corrected chi connectivity index (χ3v) is 4.15. The zero-order chi connectivity index (χ0) is 18.8. The van der Waals surface area contributed by atoms with Gasteiger partial charge >= 0.3 is 12.1 Å². The normalized spacial score (nSPS) is 11.8. The van der Waals surface area contributed by atoms with Gasteiger partial charge in [-0.3, -0.25) is 4.79 Å². The molecule has 1 atom stereocenters. The van der Waals surface area contributed by atoms with Gasteiger partial charge in [-0.15, -0.1) is 0 Å². The van der Waals surface area contributed by atoms with Gasteiger partial charge in [0.05, 0.1) is 13.2 Å². The molecule has 0 saturated carbocycles. The lowest BCUT2D eigenvalue weighted by Gasteiger charge is -2.18. The fraction of sp³-hybridized carbons (Fsp3) is 0.900. The fourth-order valence-electron chi connectivity index (χ4n) is 2.51. The Morgan fingerprint density at radius 2 is 1.32 bits per heavy atom. The number of alkyl carbamates (subject to hydrolysis) is 1. The molecule has 5 heteroatoms. The second-order valence-electron chi connectivity index (χ2n) is 6.65. The number of hydrogen-bond donors (Lipinski definition) is 1. The monoisotopic (exact) mass is 357 g/mol. The molecule has 148 valence electrons. The molecule has 0 aliphatic heterocycles. The van der Waals surface area contributed by atoms with Crippen molar-refractivity contribution in [2.75, 3.05) is 13.2 Å². The highest BCUT2D eigenvalue weighted by atomic mass is 16.5. The van der Waals surface area contributed by atoms with Crippen molar-refractivity contribution in [1.29, 1.82) is 0 Å². The van der Waals surface area contributed by atoms with Crippen LogP contribution < -0.4 is 5.32 Å². The summed E-state index contributed by atoms with van der Waals surface area (Å²) in [6.07, 6.45) is 11.0. The number of hydrogen-bond acceptors (Lipinski definition) is 4. The molecule has 0 rings (SSSR count). The molecule has 0 aromatic heterocycles. The standard InChI is InChI=1S/C20H39NO4/c1-4-7-10-13-18(21-20(23)25-17-9-6-3)14-11-12-15-19(22)24-16-8-5-2/h18H,4-17H2,1-3H3,(H,21,23). The van der Waals surface area contributed by atoms with Gasteiger partial charge in [0, 0.05) is 12.5 Å². The second-order valence-corrected chi connectivity index (χ2v) is 6.65. The van der Waals surface area contributed by atoms with E-state index in [0.29, 0.717) is 19.6 Å². The molecule has 0 saturated heterocycles. The SMILES string of the molecule is CCCCCC(CCCCC(=O)OCCCC)NC(=O)OCCCC. The third-order valence-electron chi connectivity index (χ3n) is 4.15. The summed E-state index contributed by atoms with van der Waals surface area (Å²) in [4.78, 5) is 23.4. The first kappa shape index (κ1) is 23.7. The number of rotatable bonds is 16. The lowest BCUT2D eigenvalue weighted by atomic mass is 10.0. The minimum atomic E-state index is -0.311. The molecule has 1 unspecified atom stereocenters. The van der Waals surface area contributed by atoms with E-state index < -0.39 is 0 Å². The van der Waals surface area contributed by atoms with Crippen LogP contribution >= 0.6 is 0 Å². The Hall–Kier alpha value is -1.26. The summed E-state index contributed by atoms with van der Waals surface area (Å²) in [5.41, 5.74) is 0. The Morgan fingerprint density at radius 3 is 1.92 bits per heavy atom. The maximum absolute atomic E-state index is 11.8. The molecular weight excluding hydrogens is 318 g/mol. The maximum Gasteiger partial charge on any atom is 0.407 e. The quantitative estimate of drug-likeness (QED) is 0.298. The van der Waals surface area contributed by atoms with E-state index in [2.05, 4.69) is 26.1 Å². The first-order chi connectivity index (χ1) is 12.1. The summed E-state index contributed by atoms with van der Waals surface area (Å²) < 4.78 is 10.4. The molecule has 0 aromatic carbocycles. The minimum Gasteiger partial charge on any atom is -0.466 e. The summed E-state index contributed by atoms with van der Waals surface area (Å²) in [6, 6.07) is 0.136. The predicted molar refractivity (Wildman–Crippen MR) is 102 cm³/mol. The molecule has 1 amide bonds. The van der Waals surface area contributed by atoms with E-state index in [-0.39, 0.29) is 18.1 Å². The summed E-state index contributed by atoms with van der Waals surface area (Å²) in [5, 5.41) is 2.99. The molecule has 0 fully saturated rings. The Balaban J connectivity index is 4.00. The highest BCUT2D eigenvalue weighted by Gasteiger charge is 2.13. The van der Waals surface area contributed by atoms with E-state index in [1.165, 1.54) is 6.42 Å². The van der Waals surface area contributed by atoms with Crippen LogP contribution in [-0.4, -0.2) is 31.3 Å². The van der Waals surface area contributed by atoms with Gasteiger partial charge < -0.3 is 14.8 Å². The van der Waals surface area contributed by atoms with Gasteiger partial charge in [-0.1, -0.05) is 59.3 Å². The maximum atomic E-state index is 11.8. The average Bonchev–Trinajstić information content (AvgIpc) is 2.59. The van der Waals surface area contributed by atoms with E-state index in [1.54, 1.807) is 0 Å². The van der Waals surface area contributed by atoms with Crippen molar-refractivity contribution < 1.29 is 19.1 Å². The van der Waals surface area contributed by atoms with Gasteiger partial charge in [-0.2, -0.15) is 0 Å². The number of nitrogens with one attached hydrogen (secondary N) is 1. The molecule has 0 aliphatic rings. The first-order valence-electron chi connectivity index (χ1n) is 10.2. The Kier molecular flexibility index (Phi) is 16.7. The van der Waals surface area contributed by atoms with Crippen molar-refractivity contribution in [3.05, 3.63) is 0 Å². The third kappa shape index (κ3) is 16.0. The Bertz CT molecular complexity index is 334. The van der Waals surface area contributed by atoms with Crippen LogP contribution in [-0.2, 0) is 14.3 Å². The summed E-state index contributed by atoms with van der Waals surface area (Å²) in [5.74, 6) is -0.108. The van der Waals surface area contributed by atoms with Gasteiger partial charge in [-0.25, -0.2) is 4.79 Å². The van der Waals surface area contributed by atoms with Crippen molar-refractivity contribution in [1.82, 2.24) is 5.32 Å². The van der Waals surface area contributed by atoms with Crippen molar-refractivity contribution in [2.45, 2.75) is 104 Å². The fourth-order valence-corrected chi connectivity index (χ4v) is 2.51. The van der Waals surface area contributed by atoms with Crippen LogP contribution in [0.3, 0.4) is 0 Å². The highest BCUT2D eigenvalue weighted by molar-refractivity contribution is 5.69. The van der Waals surface area contributed by atoms with Crippen LogP contribution in [0.1, 0.15) is 97.8 Å². The van der Waals surface area contributed by atoms with Crippen molar-refractivity contribution >= 4 is 12.1 Å². The number of ether oxygens (including phenoxy) is 2. The van der Waals surface area contributed by atoms with Crippen molar-refractivity contribution in [3.63, 3.8) is 0 Å². The highest BCUT2D eigenvalue weighted by Crippen LogP contribution is 2.12. The lowest BCUT2D eigenvalue weighted by molar-refractivity contribution is -0.143. The molecular formula is C20H39NO4. The number of carbonyl (C=O) groups is 2. The van der Waals surface area contributed by atoms with E-state index in [9.17, 15) is 9.59 Å². The number of unbranched alkanes of at least 4 members (excludes halogenated alkanes) is 5. The molecule has 0 aliphatic carbocycles. The number of amides is 1. The Morgan fingerprint density at radius 1 is 0.760 bits per heavy atom. The van der Waals surface area contributed by atoms with E-state index in [0.717, 1.165) is 64.2 Å². The zero-order valence-electron chi connectivity index (χ0n) is 16.6. The summed E-state index contributed by atoms with van der Waals surface area (Å²) in [6.45, 7) is 7.33. The zero-order valence-corrected chi connectivity index (χ0v) is 16.6. The molecule has 25 heavy (non-hydrogen) atoms.